The SMILES string of the molecule is CCc1cc2sc3cc(CC)c(O)cc3c2cc1O. The molecule has 1 aromatic heterocycles. The van der Waals surface area contributed by atoms with Crippen molar-refractivity contribution in [3.05, 3.63) is 35.4 Å². The molecule has 98 valence electrons. The molecule has 0 saturated carbocycles. The van der Waals surface area contributed by atoms with Gasteiger partial charge in [-0.3, -0.25) is 0 Å². The third-order valence-electron chi connectivity index (χ3n) is 3.63. The average Bonchev–Trinajstić information content (AvgIpc) is 2.73. The molecule has 1 heterocycles. The molecule has 0 spiro atoms. The first-order chi connectivity index (χ1) is 9.13. The van der Waals surface area contributed by atoms with Crippen LogP contribution in [-0.2, 0) is 12.8 Å². The van der Waals surface area contributed by atoms with Gasteiger partial charge in [-0.05, 0) is 48.2 Å². The summed E-state index contributed by atoms with van der Waals surface area (Å²) in [7, 11) is 0. The number of aromatic hydroxyl groups is 2. The number of phenols is 2. The van der Waals surface area contributed by atoms with Gasteiger partial charge in [0.25, 0.3) is 0 Å². The fraction of sp³-hybridized carbons (Fsp3) is 0.250. The van der Waals surface area contributed by atoms with Crippen molar-refractivity contribution in [3.63, 3.8) is 0 Å². The molecule has 19 heavy (non-hydrogen) atoms. The summed E-state index contributed by atoms with van der Waals surface area (Å²) in [5.41, 5.74) is 1.94. The van der Waals surface area contributed by atoms with Crippen LogP contribution in [0.4, 0.5) is 0 Å². The molecule has 3 rings (SSSR count). The largest absolute Gasteiger partial charge is 0.508 e. The number of aryl methyl sites for hydroxylation is 2. The summed E-state index contributed by atoms with van der Waals surface area (Å²) in [6.45, 7) is 4.07. The second-order valence-corrected chi connectivity index (χ2v) is 5.85. The van der Waals surface area contributed by atoms with Crippen molar-refractivity contribution in [1.82, 2.24) is 0 Å². The van der Waals surface area contributed by atoms with Crippen LogP contribution in [0.3, 0.4) is 0 Å². The molecule has 0 unspecified atom stereocenters. The van der Waals surface area contributed by atoms with E-state index in [9.17, 15) is 10.2 Å². The zero-order valence-corrected chi connectivity index (χ0v) is 11.8. The minimum atomic E-state index is 0.341. The summed E-state index contributed by atoms with van der Waals surface area (Å²) in [4.78, 5) is 0. The Morgan fingerprint density at radius 1 is 0.789 bits per heavy atom. The Morgan fingerprint density at radius 3 is 1.58 bits per heavy atom. The highest BCUT2D eigenvalue weighted by Crippen LogP contribution is 2.40. The van der Waals surface area contributed by atoms with Crippen LogP contribution in [0.1, 0.15) is 25.0 Å². The second-order valence-electron chi connectivity index (χ2n) is 4.76. The monoisotopic (exact) mass is 272 g/mol. The van der Waals surface area contributed by atoms with Crippen molar-refractivity contribution >= 4 is 31.5 Å². The smallest absolute Gasteiger partial charge is 0.119 e. The fourth-order valence-corrected chi connectivity index (χ4v) is 3.69. The van der Waals surface area contributed by atoms with Crippen LogP contribution in [0.2, 0.25) is 0 Å². The Bertz CT molecular complexity index is 707. The summed E-state index contributed by atoms with van der Waals surface area (Å²) < 4.78 is 2.33. The molecule has 3 heteroatoms. The molecule has 2 aromatic carbocycles. The van der Waals surface area contributed by atoms with E-state index in [1.807, 2.05) is 26.0 Å². The predicted octanol–water partition coefficient (Wildman–Crippen LogP) is 4.59. The molecule has 0 atom stereocenters. The zero-order chi connectivity index (χ0) is 13.6. The summed E-state index contributed by atoms with van der Waals surface area (Å²) in [5.74, 6) is 0.683. The lowest BCUT2D eigenvalue weighted by molar-refractivity contribution is 0.469. The van der Waals surface area contributed by atoms with E-state index in [-0.39, 0.29) is 0 Å². The van der Waals surface area contributed by atoms with Crippen molar-refractivity contribution in [2.45, 2.75) is 26.7 Å². The van der Waals surface area contributed by atoms with E-state index in [0.29, 0.717) is 11.5 Å². The van der Waals surface area contributed by atoms with E-state index in [4.69, 9.17) is 0 Å². The summed E-state index contributed by atoms with van der Waals surface area (Å²) in [5, 5.41) is 22.0. The van der Waals surface area contributed by atoms with Crippen LogP contribution in [0, 0.1) is 0 Å². The van der Waals surface area contributed by atoms with E-state index in [1.165, 1.54) is 0 Å². The lowest BCUT2D eigenvalue weighted by atomic mass is 10.0. The van der Waals surface area contributed by atoms with Gasteiger partial charge < -0.3 is 10.2 Å². The number of thiophene rings is 1. The molecular weight excluding hydrogens is 256 g/mol. The number of hydrogen-bond acceptors (Lipinski definition) is 3. The standard InChI is InChI=1S/C16H16O2S/c1-3-9-5-15-11(7-13(9)17)12-8-14(18)10(4-2)6-16(12)19-15/h5-8,17-18H,3-4H2,1-2H3. The molecule has 0 aliphatic heterocycles. The van der Waals surface area contributed by atoms with E-state index < -0.39 is 0 Å². The Kier molecular flexibility index (Phi) is 2.86. The minimum Gasteiger partial charge on any atom is -0.508 e. The van der Waals surface area contributed by atoms with Crippen molar-refractivity contribution in [2.24, 2.45) is 0 Å². The van der Waals surface area contributed by atoms with Gasteiger partial charge in [0.1, 0.15) is 11.5 Å². The van der Waals surface area contributed by atoms with Crippen LogP contribution in [0.5, 0.6) is 11.5 Å². The van der Waals surface area contributed by atoms with Gasteiger partial charge in [0, 0.05) is 20.2 Å². The van der Waals surface area contributed by atoms with Gasteiger partial charge in [-0.2, -0.15) is 0 Å². The van der Waals surface area contributed by atoms with Gasteiger partial charge in [0.05, 0.1) is 0 Å². The molecule has 0 fully saturated rings. The highest BCUT2D eigenvalue weighted by atomic mass is 32.1. The van der Waals surface area contributed by atoms with Crippen molar-refractivity contribution in [1.29, 1.82) is 0 Å². The Morgan fingerprint density at radius 2 is 1.21 bits per heavy atom. The van der Waals surface area contributed by atoms with Crippen LogP contribution >= 0.6 is 11.3 Å². The van der Waals surface area contributed by atoms with Gasteiger partial charge >= 0.3 is 0 Å². The summed E-state index contributed by atoms with van der Waals surface area (Å²) in [6, 6.07) is 7.74. The number of hydrogen-bond donors (Lipinski definition) is 2. The first-order valence-corrected chi connectivity index (χ1v) is 7.35. The molecular formula is C16H16O2S. The quantitative estimate of drug-likeness (QED) is 0.716. The molecule has 0 amide bonds. The van der Waals surface area contributed by atoms with Crippen molar-refractivity contribution in [3.8, 4) is 11.5 Å². The van der Waals surface area contributed by atoms with Crippen LogP contribution in [0.25, 0.3) is 20.2 Å². The maximum atomic E-state index is 10.00. The molecule has 2 nitrogen and oxygen atoms in total. The average molecular weight is 272 g/mol. The first-order valence-electron chi connectivity index (χ1n) is 6.54. The minimum absolute atomic E-state index is 0.341. The third-order valence-corrected chi connectivity index (χ3v) is 4.75. The third kappa shape index (κ3) is 1.85. The maximum absolute atomic E-state index is 10.00. The molecule has 3 aromatic rings. The zero-order valence-electron chi connectivity index (χ0n) is 11.0. The van der Waals surface area contributed by atoms with Gasteiger partial charge in [-0.15, -0.1) is 11.3 Å². The van der Waals surface area contributed by atoms with Gasteiger partial charge in [-0.1, -0.05) is 13.8 Å². The van der Waals surface area contributed by atoms with Gasteiger partial charge in [-0.25, -0.2) is 0 Å². The van der Waals surface area contributed by atoms with Gasteiger partial charge in [0.2, 0.25) is 0 Å². The van der Waals surface area contributed by atoms with Gasteiger partial charge in [0.15, 0.2) is 0 Å². The van der Waals surface area contributed by atoms with Crippen LogP contribution in [0.15, 0.2) is 24.3 Å². The predicted molar refractivity (Wildman–Crippen MR) is 81.4 cm³/mol. The number of rotatable bonds is 2. The molecule has 0 bridgehead atoms. The summed E-state index contributed by atoms with van der Waals surface area (Å²) >= 11 is 1.72. The Hall–Kier alpha value is -1.74. The highest BCUT2D eigenvalue weighted by Gasteiger charge is 2.11. The summed E-state index contributed by atoms with van der Waals surface area (Å²) in [6.07, 6.45) is 1.64. The van der Waals surface area contributed by atoms with E-state index in [0.717, 1.165) is 44.1 Å². The van der Waals surface area contributed by atoms with E-state index in [2.05, 4.69) is 12.1 Å². The highest BCUT2D eigenvalue weighted by molar-refractivity contribution is 7.25. The molecule has 0 radical (unpaired) electrons. The fourth-order valence-electron chi connectivity index (χ4n) is 2.50. The lowest BCUT2D eigenvalue weighted by Gasteiger charge is -2.03. The molecule has 0 aliphatic rings. The van der Waals surface area contributed by atoms with Crippen LogP contribution < -0.4 is 0 Å². The van der Waals surface area contributed by atoms with Crippen LogP contribution in [-0.4, -0.2) is 10.2 Å². The lowest BCUT2D eigenvalue weighted by Crippen LogP contribution is -1.81. The number of phenolic OH excluding ortho intramolecular Hbond substituents is 2. The maximum Gasteiger partial charge on any atom is 0.119 e. The Balaban J connectivity index is 2.39. The number of fused-ring (bicyclic) bond motifs is 3. The topological polar surface area (TPSA) is 40.5 Å². The normalized spacial score (nSPS) is 11.5. The molecule has 0 saturated heterocycles. The van der Waals surface area contributed by atoms with Crippen molar-refractivity contribution in [2.75, 3.05) is 0 Å². The molecule has 2 N–H and O–H groups in total. The van der Waals surface area contributed by atoms with E-state index >= 15 is 0 Å². The first kappa shape index (κ1) is 12.3. The molecule has 0 aliphatic carbocycles. The number of benzene rings is 2. The second kappa shape index (κ2) is 4.42. The van der Waals surface area contributed by atoms with E-state index in [1.54, 1.807) is 11.3 Å². The van der Waals surface area contributed by atoms with Crippen molar-refractivity contribution < 1.29 is 10.2 Å². The Labute approximate surface area is 115 Å².